The molecule has 0 radical (unpaired) electrons. The predicted octanol–water partition coefficient (Wildman–Crippen LogP) is 0.670. The van der Waals surface area contributed by atoms with Crippen molar-refractivity contribution in [1.29, 1.82) is 5.26 Å². The second-order valence-corrected chi connectivity index (χ2v) is 4.07. The van der Waals surface area contributed by atoms with Crippen molar-refractivity contribution in [2.75, 3.05) is 0 Å². The zero-order valence-electron chi connectivity index (χ0n) is 8.50. The fourth-order valence-corrected chi connectivity index (χ4v) is 1.18. The first-order valence-corrected chi connectivity index (χ1v) is 4.69. The van der Waals surface area contributed by atoms with E-state index in [1.54, 1.807) is 12.3 Å². The molecule has 0 aromatic carbocycles. The van der Waals surface area contributed by atoms with Gasteiger partial charge in [-0.15, -0.1) is 0 Å². The molecule has 0 aliphatic heterocycles. The van der Waals surface area contributed by atoms with Gasteiger partial charge in [-0.3, -0.25) is 10.1 Å². The van der Waals surface area contributed by atoms with Crippen LogP contribution in [0.1, 0.15) is 26.7 Å². The Balaban J connectivity index is 2.39. The van der Waals surface area contributed by atoms with Gasteiger partial charge < -0.3 is 5.32 Å². The van der Waals surface area contributed by atoms with E-state index >= 15 is 0 Å². The summed E-state index contributed by atoms with van der Waals surface area (Å²) in [6.45, 7) is 4.00. The average Bonchev–Trinajstić information content (AvgIpc) is 2.85. The third kappa shape index (κ3) is 4.06. The fourth-order valence-electron chi connectivity index (χ4n) is 1.18. The lowest BCUT2D eigenvalue weighted by Gasteiger charge is -2.21. The molecule has 1 amide bonds. The smallest absolute Gasteiger partial charge is 0.256 e. The highest BCUT2D eigenvalue weighted by molar-refractivity contribution is 5.88. The van der Waals surface area contributed by atoms with Crippen LogP contribution in [-0.4, -0.2) is 17.5 Å². The Morgan fingerprint density at radius 1 is 1.57 bits per heavy atom. The van der Waals surface area contributed by atoms with Crippen LogP contribution in [0.25, 0.3) is 0 Å². The molecule has 1 saturated carbocycles. The average molecular weight is 193 g/mol. The van der Waals surface area contributed by atoms with E-state index in [9.17, 15) is 4.79 Å². The van der Waals surface area contributed by atoms with Gasteiger partial charge in [0.1, 0.15) is 0 Å². The standard InChI is InChI=1S/C10H15N3O/c1-10(2,13-8-3-4-8)6-5-9(14)12-7-11/h5-6,8,13H,3-4H2,1-2H3,(H,12,14). The van der Waals surface area contributed by atoms with Crippen LogP contribution in [0.3, 0.4) is 0 Å². The fraction of sp³-hybridized carbons (Fsp3) is 0.600. The molecule has 1 aliphatic carbocycles. The number of carbonyl (C=O) groups is 1. The number of carbonyl (C=O) groups excluding carboxylic acids is 1. The van der Waals surface area contributed by atoms with Crippen molar-refractivity contribution in [1.82, 2.24) is 10.6 Å². The summed E-state index contributed by atoms with van der Waals surface area (Å²) < 4.78 is 0. The molecule has 0 spiro atoms. The number of hydrogen-bond donors (Lipinski definition) is 2. The molecular weight excluding hydrogens is 178 g/mol. The van der Waals surface area contributed by atoms with Crippen molar-refractivity contribution >= 4 is 5.91 Å². The molecule has 0 aromatic heterocycles. The number of amides is 1. The molecule has 1 aliphatic rings. The first-order valence-electron chi connectivity index (χ1n) is 4.69. The molecule has 0 saturated heterocycles. The summed E-state index contributed by atoms with van der Waals surface area (Å²) in [5.41, 5.74) is -0.187. The van der Waals surface area contributed by atoms with Crippen LogP contribution < -0.4 is 10.6 Å². The van der Waals surface area contributed by atoms with Crippen LogP contribution in [0.4, 0.5) is 0 Å². The van der Waals surface area contributed by atoms with Gasteiger partial charge in [0.2, 0.25) is 0 Å². The lowest BCUT2D eigenvalue weighted by atomic mass is 10.0. The van der Waals surface area contributed by atoms with Gasteiger partial charge >= 0.3 is 0 Å². The van der Waals surface area contributed by atoms with Crippen LogP contribution in [0.2, 0.25) is 0 Å². The summed E-state index contributed by atoms with van der Waals surface area (Å²) in [4.78, 5) is 10.9. The minimum Gasteiger partial charge on any atom is -0.306 e. The molecule has 76 valence electrons. The molecule has 4 heteroatoms. The lowest BCUT2D eigenvalue weighted by Crippen LogP contribution is -2.39. The molecule has 1 rings (SSSR count). The van der Waals surface area contributed by atoms with E-state index < -0.39 is 0 Å². The Morgan fingerprint density at radius 3 is 2.71 bits per heavy atom. The zero-order valence-corrected chi connectivity index (χ0v) is 8.50. The van der Waals surface area contributed by atoms with Crippen LogP contribution in [0.15, 0.2) is 12.2 Å². The van der Waals surface area contributed by atoms with Gasteiger partial charge in [-0.05, 0) is 26.7 Å². The first-order chi connectivity index (χ1) is 6.53. The van der Waals surface area contributed by atoms with Crippen molar-refractivity contribution in [3.8, 4) is 6.19 Å². The number of nitriles is 1. The summed E-state index contributed by atoms with van der Waals surface area (Å²) in [5.74, 6) is -0.377. The molecule has 0 unspecified atom stereocenters. The number of rotatable bonds is 4. The van der Waals surface area contributed by atoms with Crippen LogP contribution in [0, 0.1) is 11.5 Å². The third-order valence-corrected chi connectivity index (χ3v) is 1.98. The second kappa shape index (κ2) is 4.25. The van der Waals surface area contributed by atoms with Crippen molar-refractivity contribution < 1.29 is 4.79 Å². The largest absolute Gasteiger partial charge is 0.306 e. The van der Waals surface area contributed by atoms with Crippen molar-refractivity contribution in [3.63, 3.8) is 0 Å². The minimum absolute atomic E-state index is 0.187. The summed E-state index contributed by atoms with van der Waals surface area (Å²) in [6.07, 6.45) is 7.17. The Labute approximate surface area is 84.0 Å². The van der Waals surface area contributed by atoms with Crippen LogP contribution >= 0.6 is 0 Å². The van der Waals surface area contributed by atoms with E-state index in [0.717, 1.165) is 0 Å². The maximum absolute atomic E-state index is 10.9. The topological polar surface area (TPSA) is 64.9 Å². The van der Waals surface area contributed by atoms with Gasteiger partial charge in [-0.1, -0.05) is 6.08 Å². The highest BCUT2D eigenvalue weighted by Gasteiger charge is 2.27. The molecule has 4 nitrogen and oxygen atoms in total. The number of nitrogens with zero attached hydrogens (tertiary/aromatic N) is 1. The lowest BCUT2D eigenvalue weighted by molar-refractivity contribution is -0.115. The Kier molecular flexibility index (Phi) is 3.26. The van der Waals surface area contributed by atoms with Crippen molar-refractivity contribution in [2.45, 2.75) is 38.3 Å². The summed E-state index contributed by atoms with van der Waals surface area (Å²) in [6, 6.07) is 0.591. The Bertz CT molecular complexity index is 284. The van der Waals surface area contributed by atoms with E-state index in [-0.39, 0.29) is 11.4 Å². The molecule has 0 aromatic rings. The number of hydrogen-bond acceptors (Lipinski definition) is 3. The second-order valence-electron chi connectivity index (χ2n) is 4.07. The van der Waals surface area contributed by atoms with E-state index in [0.29, 0.717) is 6.04 Å². The van der Waals surface area contributed by atoms with Gasteiger partial charge in [-0.25, -0.2) is 0 Å². The predicted molar refractivity (Wildman–Crippen MR) is 53.1 cm³/mol. The van der Waals surface area contributed by atoms with Crippen molar-refractivity contribution in [3.05, 3.63) is 12.2 Å². The number of nitrogens with one attached hydrogen (secondary N) is 2. The summed E-state index contributed by atoms with van der Waals surface area (Å²) in [5, 5.41) is 13.6. The quantitative estimate of drug-likeness (QED) is 0.392. The maximum atomic E-state index is 10.9. The third-order valence-electron chi connectivity index (χ3n) is 1.98. The van der Waals surface area contributed by atoms with E-state index in [1.165, 1.54) is 18.9 Å². The molecule has 0 atom stereocenters. The van der Waals surface area contributed by atoms with Crippen LogP contribution in [-0.2, 0) is 4.79 Å². The molecule has 0 bridgehead atoms. The Hall–Kier alpha value is -1.34. The molecule has 1 fully saturated rings. The van der Waals surface area contributed by atoms with Crippen LogP contribution in [0.5, 0.6) is 0 Å². The Morgan fingerprint density at radius 2 is 2.21 bits per heavy atom. The summed E-state index contributed by atoms with van der Waals surface area (Å²) >= 11 is 0. The van der Waals surface area contributed by atoms with Gasteiger partial charge in [0.25, 0.3) is 5.91 Å². The highest BCUT2D eigenvalue weighted by atomic mass is 16.1. The maximum Gasteiger partial charge on any atom is 0.256 e. The van der Waals surface area contributed by atoms with E-state index in [2.05, 4.69) is 5.32 Å². The summed E-state index contributed by atoms with van der Waals surface area (Å²) in [7, 11) is 0. The molecule has 14 heavy (non-hydrogen) atoms. The van der Waals surface area contributed by atoms with Gasteiger partial charge in [0, 0.05) is 17.7 Å². The molecule has 2 N–H and O–H groups in total. The minimum atomic E-state index is -0.377. The van der Waals surface area contributed by atoms with Gasteiger partial charge in [0.05, 0.1) is 0 Å². The van der Waals surface area contributed by atoms with Gasteiger partial charge in [0.15, 0.2) is 6.19 Å². The monoisotopic (exact) mass is 193 g/mol. The van der Waals surface area contributed by atoms with E-state index in [1.807, 2.05) is 19.2 Å². The first kappa shape index (κ1) is 10.7. The molecular formula is C10H15N3O. The highest BCUT2D eigenvalue weighted by Crippen LogP contribution is 2.22. The van der Waals surface area contributed by atoms with Gasteiger partial charge in [-0.2, -0.15) is 5.26 Å². The van der Waals surface area contributed by atoms with E-state index in [4.69, 9.17) is 5.26 Å². The normalized spacial score (nSPS) is 16.6. The zero-order chi connectivity index (χ0) is 10.6. The van der Waals surface area contributed by atoms with Crippen molar-refractivity contribution in [2.24, 2.45) is 0 Å². The SMILES string of the molecule is CC(C)(C=CC(=O)NC#N)NC1CC1. The molecule has 0 heterocycles.